The molecule has 8 heteroatoms. The highest BCUT2D eigenvalue weighted by molar-refractivity contribution is 5.94. The molecular weight excluding hydrogens is 320 g/mol. The third-order valence-corrected chi connectivity index (χ3v) is 4.57. The van der Waals surface area contributed by atoms with E-state index in [1.807, 2.05) is 25.1 Å². The van der Waals surface area contributed by atoms with E-state index in [-0.39, 0.29) is 11.9 Å². The van der Waals surface area contributed by atoms with Crippen LogP contribution in [0.15, 0.2) is 30.3 Å². The summed E-state index contributed by atoms with van der Waals surface area (Å²) in [6.45, 7) is 4.93. The van der Waals surface area contributed by atoms with E-state index in [1.165, 1.54) is 0 Å². The Morgan fingerprint density at radius 2 is 2.12 bits per heavy atom. The van der Waals surface area contributed by atoms with E-state index in [0.29, 0.717) is 12.1 Å². The second kappa shape index (κ2) is 8.17. The van der Waals surface area contributed by atoms with Crippen LogP contribution in [0.25, 0.3) is 0 Å². The van der Waals surface area contributed by atoms with Crippen molar-refractivity contribution in [2.75, 3.05) is 19.6 Å². The summed E-state index contributed by atoms with van der Waals surface area (Å²) >= 11 is 0. The van der Waals surface area contributed by atoms with Crippen LogP contribution in [0, 0.1) is 6.92 Å². The Morgan fingerprint density at radius 1 is 1.32 bits per heavy atom. The third kappa shape index (κ3) is 4.61. The maximum absolute atomic E-state index is 12.2. The first-order chi connectivity index (χ1) is 12.1. The molecule has 1 aliphatic heterocycles. The van der Waals surface area contributed by atoms with Gasteiger partial charge in [0, 0.05) is 31.7 Å². The number of aromatic nitrogens is 4. The number of carbonyl (C=O) groups is 1. The van der Waals surface area contributed by atoms with Gasteiger partial charge in [-0.3, -0.25) is 4.79 Å². The molecule has 2 atom stereocenters. The van der Waals surface area contributed by atoms with Crippen molar-refractivity contribution in [3.05, 3.63) is 41.7 Å². The number of aliphatic hydroxyl groups is 1. The highest BCUT2D eigenvalue weighted by Crippen LogP contribution is 2.13. The number of carbonyl (C=O) groups excluding carboxylic acids is 1. The van der Waals surface area contributed by atoms with Crippen LogP contribution in [0.5, 0.6) is 0 Å². The first kappa shape index (κ1) is 17.5. The maximum atomic E-state index is 12.2. The molecule has 1 amide bonds. The number of hydrogen-bond donors (Lipinski definition) is 2. The number of aryl methyl sites for hydroxylation is 2. The quantitative estimate of drug-likeness (QED) is 0.779. The lowest BCUT2D eigenvalue weighted by Crippen LogP contribution is -2.54. The molecule has 25 heavy (non-hydrogen) atoms. The summed E-state index contributed by atoms with van der Waals surface area (Å²) in [5, 5.41) is 24.7. The van der Waals surface area contributed by atoms with Gasteiger partial charge in [0.1, 0.15) is 5.82 Å². The zero-order valence-electron chi connectivity index (χ0n) is 14.4. The van der Waals surface area contributed by atoms with Gasteiger partial charge in [0.15, 0.2) is 0 Å². The zero-order chi connectivity index (χ0) is 17.6. The Hall–Kier alpha value is -2.32. The number of hydrogen-bond acceptors (Lipinski definition) is 6. The van der Waals surface area contributed by atoms with Crippen LogP contribution in [0.2, 0.25) is 0 Å². The summed E-state index contributed by atoms with van der Waals surface area (Å²) in [5.41, 5.74) is 0.619. The number of likely N-dealkylation sites (tertiary alicyclic amines) is 1. The smallest absolute Gasteiger partial charge is 0.251 e. The molecule has 2 heterocycles. The topological polar surface area (TPSA) is 96.2 Å². The van der Waals surface area contributed by atoms with Crippen molar-refractivity contribution in [3.8, 4) is 0 Å². The Bertz CT molecular complexity index is 689. The van der Waals surface area contributed by atoms with Crippen molar-refractivity contribution >= 4 is 5.91 Å². The normalized spacial score (nSPS) is 21.2. The first-order valence-corrected chi connectivity index (χ1v) is 8.62. The van der Waals surface area contributed by atoms with E-state index >= 15 is 0 Å². The van der Waals surface area contributed by atoms with Crippen molar-refractivity contribution in [3.63, 3.8) is 0 Å². The number of aliphatic hydroxyl groups excluding tert-OH is 1. The highest BCUT2D eigenvalue weighted by atomic mass is 16.3. The number of nitrogens with one attached hydrogen (secondary N) is 1. The van der Waals surface area contributed by atoms with Gasteiger partial charge in [0.2, 0.25) is 0 Å². The lowest BCUT2D eigenvalue weighted by Gasteiger charge is -2.36. The zero-order valence-corrected chi connectivity index (χ0v) is 14.4. The summed E-state index contributed by atoms with van der Waals surface area (Å²) in [6.07, 6.45) is 1.10. The molecule has 1 fully saturated rings. The van der Waals surface area contributed by atoms with Crippen LogP contribution in [0.3, 0.4) is 0 Å². The van der Waals surface area contributed by atoms with Gasteiger partial charge in [0.05, 0.1) is 12.1 Å². The average Bonchev–Trinajstić information content (AvgIpc) is 3.03. The second-order valence-electron chi connectivity index (χ2n) is 6.41. The van der Waals surface area contributed by atoms with Gasteiger partial charge in [-0.2, -0.15) is 0 Å². The molecule has 0 spiro atoms. The van der Waals surface area contributed by atoms with Crippen molar-refractivity contribution in [1.82, 2.24) is 30.4 Å². The van der Waals surface area contributed by atoms with Crippen LogP contribution in [-0.2, 0) is 6.54 Å². The van der Waals surface area contributed by atoms with Crippen LogP contribution in [0.4, 0.5) is 0 Å². The Morgan fingerprint density at radius 3 is 2.80 bits per heavy atom. The standard InChI is InChI=1S/C17H24N6O2/c1-13-19-20-21-23(13)10-5-9-22-11-8-15(16(24)12-22)18-17(25)14-6-3-2-4-7-14/h2-4,6-7,15-16,24H,5,8-12H2,1H3,(H,18,25)/t15-,16-/m1/s1. The fraction of sp³-hybridized carbons (Fsp3) is 0.529. The van der Waals surface area contributed by atoms with E-state index < -0.39 is 6.10 Å². The Labute approximate surface area is 146 Å². The van der Waals surface area contributed by atoms with Gasteiger partial charge < -0.3 is 15.3 Å². The number of nitrogens with zero attached hydrogens (tertiary/aromatic N) is 5. The molecule has 134 valence electrons. The van der Waals surface area contributed by atoms with Crippen LogP contribution in [-0.4, -0.2) is 67.9 Å². The molecule has 0 aliphatic carbocycles. The Kier molecular flexibility index (Phi) is 5.72. The molecule has 1 saturated heterocycles. The second-order valence-corrected chi connectivity index (χ2v) is 6.41. The summed E-state index contributed by atoms with van der Waals surface area (Å²) in [4.78, 5) is 14.4. The number of tetrazole rings is 1. The number of benzene rings is 1. The molecule has 2 N–H and O–H groups in total. The molecule has 0 bridgehead atoms. The molecule has 2 aromatic rings. The van der Waals surface area contributed by atoms with E-state index in [2.05, 4.69) is 25.7 Å². The first-order valence-electron chi connectivity index (χ1n) is 8.62. The van der Waals surface area contributed by atoms with E-state index in [4.69, 9.17) is 0 Å². The van der Waals surface area contributed by atoms with Gasteiger partial charge in [-0.1, -0.05) is 18.2 Å². The molecule has 1 aliphatic rings. The highest BCUT2D eigenvalue weighted by Gasteiger charge is 2.28. The fourth-order valence-electron chi connectivity index (χ4n) is 3.11. The molecular formula is C17H24N6O2. The summed E-state index contributed by atoms with van der Waals surface area (Å²) in [5.74, 6) is 0.676. The molecule has 8 nitrogen and oxygen atoms in total. The van der Waals surface area contributed by atoms with Gasteiger partial charge >= 0.3 is 0 Å². The number of rotatable bonds is 6. The minimum absolute atomic E-state index is 0.132. The minimum Gasteiger partial charge on any atom is -0.390 e. The third-order valence-electron chi connectivity index (χ3n) is 4.57. The fourth-order valence-corrected chi connectivity index (χ4v) is 3.11. The molecule has 1 aromatic carbocycles. The van der Waals surface area contributed by atoms with Gasteiger partial charge in [-0.25, -0.2) is 4.68 Å². The van der Waals surface area contributed by atoms with Crippen LogP contribution < -0.4 is 5.32 Å². The van der Waals surface area contributed by atoms with Crippen molar-refractivity contribution in [2.45, 2.75) is 38.5 Å². The number of piperidine rings is 1. The molecule has 0 saturated carbocycles. The minimum atomic E-state index is -0.559. The van der Waals surface area contributed by atoms with Crippen molar-refractivity contribution in [2.24, 2.45) is 0 Å². The monoisotopic (exact) mass is 344 g/mol. The molecule has 0 radical (unpaired) electrons. The van der Waals surface area contributed by atoms with Gasteiger partial charge in [-0.05, 0) is 42.3 Å². The lowest BCUT2D eigenvalue weighted by atomic mass is 10.0. The number of amides is 1. The average molecular weight is 344 g/mol. The summed E-state index contributed by atoms with van der Waals surface area (Å²) < 4.78 is 1.78. The predicted octanol–water partition coefficient (Wildman–Crippen LogP) is 0.237. The van der Waals surface area contributed by atoms with E-state index in [1.54, 1.807) is 16.8 Å². The summed E-state index contributed by atoms with van der Waals surface area (Å²) in [6, 6.07) is 8.89. The van der Waals surface area contributed by atoms with E-state index in [9.17, 15) is 9.90 Å². The lowest BCUT2D eigenvalue weighted by molar-refractivity contribution is 0.0370. The van der Waals surface area contributed by atoms with Crippen LogP contribution in [0.1, 0.15) is 29.0 Å². The molecule has 0 unspecified atom stereocenters. The van der Waals surface area contributed by atoms with E-state index in [0.717, 1.165) is 38.3 Å². The van der Waals surface area contributed by atoms with Gasteiger partial charge in [-0.15, -0.1) is 5.10 Å². The van der Waals surface area contributed by atoms with Crippen molar-refractivity contribution < 1.29 is 9.90 Å². The predicted molar refractivity (Wildman–Crippen MR) is 91.9 cm³/mol. The number of β-amino-alcohol motifs (C(OH)–C–C–N with tert-alkyl or cyclic N) is 1. The summed E-state index contributed by atoms with van der Waals surface area (Å²) in [7, 11) is 0. The maximum Gasteiger partial charge on any atom is 0.251 e. The SMILES string of the molecule is Cc1nnnn1CCCN1CC[C@@H](NC(=O)c2ccccc2)[C@H](O)C1. The van der Waals surface area contributed by atoms with Gasteiger partial charge in [0.25, 0.3) is 5.91 Å². The van der Waals surface area contributed by atoms with Crippen molar-refractivity contribution in [1.29, 1.82) is 0 Å². The molecule has 3 rings (SSSR count). The molecule has 1 aromatic heterocycles. The largest absolute Gasteiger partial charge is 0.390 e. The van der Waals surface area contributed by atoms with Crippen LogP contribution >= 0.6 is 0 Å². The Balaban J connectivity index is 1.43.